The van der Waals surface area contributed by atoms with Crippen LogP contribution in [0.25, 0.3) is 4.85 Å². The Balaban J connectivity index is 0.000000416. The number of hydrogen-bond acceptors (Lipinski definition) is 7. The molecule has 0 spiro atoms. The number of benzene rings is 4. The van der Waals surface area contributed by atoms with Crippen LogP contribution in [-0.4, -0.2) is 59.7 Å². The standard InChI is InChI=1S/C27H40O3Si.C26H35NO3Si.C6H15N/c1-8-12-26(27(28)29-19-23-13-10-9-11-14-23)24-15-17-25(18-16-24)30-31(20(2)3,21(4)5)22(6)7;1-19(2)31(20(3)4,21(5)6)30-24-15-13-23(14-16-24)25(17-27-7)26(28)29-18-22-11-9-8-10-12-22;1-4-7(5-2)6-3/h9-11,13-18,20-22,26H,8,12,19H2,1-7H3;8-16,19-21,25H,17-18H2,1-6H3;4-6H2,1-3H3. The molecule has 0 aliphatic rings. The molecule has 380 valence electrons. The largest absolute Gasteiger partial charge is 0.543 e. The molecule has 0 N–H and O–H groups in total. The predicted molar refractivity (Wildman–Crippen MR) is 294 cm³/mol. The van der Waals surface area contributed by atoms with Crippen LogP contribution in [0.3, 0.4) is 0 Å². The average molecular weight is 980 g/mol. The summed E-state index contributed by atoms with van der Waals surface area (Å²) >= 11 is 0. The second-order valence-corrected chi connectivity index (χ2v) is 30.8. The molecule has 0 aromatic heterocycles. The third kappa shape index (κ3) is 17.9. The number of rotatable bonds is 24. The Labute approximate surface area is 422 Å². The van der Waals surface area contributed by atoms with Gasteiger partial charge in [-0.1, -0.05) is 202 Å². The van der Waals surface area contributed by atoms with Crippen molar-refractivity contribution in [2.45, 2.75) is 182 Å². The summed E-state index contributed by atoms with van der Waals surface area (Å²) in [5, 5.41) is 0. The van der Waals surface area contributed by atoms with Crippen LogP contribution in [0, 0.1) is 6.57 Å². The first-order chi connectivity index (χ1) is 32.8. The maximum Gasteiger partial charge on any atom is 0.321 e. The number of carbonyl (C=O) groups is 2. The molecule has 2 atom stereocenters. The van der Waals surface area contributed by atoms with Crippen LogP contribution in [0.5, 0.6) is 11.5 Å². The van der Waals surface area contributed by atoms with Crippen molar-refractivity contribution < 1.29 is 27.9 Å². The Hall–Kier alpha value is -4.70. The van der Waals surface area contributed by atoms with Crippen LogP contribution in [0.4, 0.5) is 0 Å². The molecule has 4 rings (SSSR count). The lowest BCUT2D eigenvalue weighted by molar-refractivity contribution is -0.147. The second-order valence-electron chi connectivity index (χ2n) is 20.0. The highest BCUT2D eigenvalue weighted by atomic mass is 28.4. The van der Waals surface area contributed by atoms with Crippen LogP contribution in [-0.2, 0) is 32.3 Å². The van der Waals surface area contributed by atoms with Gasteiger partial charge in [0, 0.05) is 0 Å². The summed E-state index contributed by atoms with van der Waals surface area (Å²) in [5.74, 6) is 0.381. The molecule has 0 heterocycles. The summed E-state index contributed by atoms with van der Waals surface area (Å²) in [4.78, 5) is 31.4. The lowest BCUT2D eigenvalue weighted by atomic mass is 9.94. The molecule has 0 aliphatic heterocycles. The molecular weight excluding hydrogens is 889 g/mol. The number of ether oxygens (including phenoxy) is 2. The molecule has 4 aromatic rings. The molecule has 2 unspecified atom stereocenters. The second kappa shape index (κ2) is 30.8. The van der Waals surface area contributed by atoms with E-state index >= 15 is 0 Å². The van der Waals surface area contributed by atoms with E-state index < -0.39 is 22.6 Å². The van der Waals surface area contributed by atoms with Gasteiger partial charge in [-0.15, -0.1) is 0 Å². The molecule has 0 aliphatic carbocycles. The third-order valence-electron chi connectivity index (χ3n) is 13.8. The summed E-state index contributed by atoms with van der Waals surface area (Å²) in [6.45, 7) is 47.4. The summed E-state index contributed by atoms with van der Waals surface area (Å²) in [6.07, 6.45) is 1.70. The van der Waals surface area contributed by atoms with E-state index in [4.69, 9.17) is 24.9 Å². The van der Waals surface area contributed by atoms with Crippen LogP contribution < -0.4 is 8.85 Å². The molecular formula is C59H90N2O6Si2. The van der Waals surface area contributed by atoms with Gasteiger partial charge in [-0.05, 0) is 106 Å². The van der Waals surface area contributed by atoms with E-state index in [0.717, 1.165) is 46.6 Å². The fourth-order valence-electron chi connectivity index (χ4n) is 10.1. The zero-order valence-electron chi connectivity index (χ0n) is 45.5. The van der Waals surface area contributed by atoms with Crippen molar-refractivity contribution in [3.05, 3.63) is 143 Å². The van der Waals surface area contributed by atoms with Crippen molar-refractivity contribution in [2.24, 2.45) is 0 Å². The van der Waals surface area contributed by atoms with Crippen molar-refractivity contribution in [2.75, 3.05) is 26.2 Å². The molecule has 4 aromatic carbocycles. The minimum atomic E-state index is -2.04. The quantitative estimate of drug-likeness (QED) is 0.0393. The van der Waals surface area contributed by atoms with Gasteiger partial charge in [0.25, 0.3) is 16.6 Å². The summed E-state index contributed by atoms with van der Waals surface area (Å²) < 4.78 is 24.6. The highest BCUT2D eigenvalue weighted by Gasteiger charge is 2.48. The molecule has 0 fully saturated rings. The van der Waals surface area contributed by atoms with Gasteiger partial charge in [0.15, 0.2) is 5.92 Å². The van der Waals surface area contributed by atoms with Crippen LogP contribution in [0.15, 0.2) is 109 Å². The van der Waals surface area contributed by atoms with Gasteiger partial charge in [-0.25, -0.2) is 6.57 Å². The summed E-state index contributed by atoms with van der Waals surface area (Å²) in [7, 11) is -4.03. The Morgan fingerprint density at radius 2 is 0.812 bits per heavy atom. The van der Waals surface area contributed by atoms with Gasteiger partial charge in [-0.2, -0.15) is 0 Å². The Bertz CT molecular complexity index is 2010. The zero-order chi connectivity index (χ0) is 51.7. The molecule has 0 amide bonds. The summed E-state index contributed by atoms with van der Waals surface area (Å²) in [6, 6.07) is 35.2. The Morgan fingerprint density at radius 3 is 1.09 bits per heavy atom. The average Bonchev–Trinajstić information content (AvgIpc) is 3.33. The lowest BCUT2D eigenvalue weighted by Gasteiger charge is -2.42. The molecule has 0 bridgehead atoms. The molecule has 8 nitrogen and oxygen atoms in total. The monoisotopic (exact) mass is 979 g/mol. The minimum absolute atomic E-state index is 0.0660. The Morgan fingerprint density at radius 1 is 0.493 bits per heavy atom. The van der Waals surface area contributed by atoms with Gasteiger partial charge in [0.2, 0.25) is 6.54 Å². The molecule has 10 heteroatoms. The van der Waals surface area contributed by atoms with Gasteiger partial charge in [0.05, 0.1) is 5.92 Å². The van der Waals surface area contributed by atoms with Crippen LogP contribution in [0.2, 0.25) is 33.2 Å². The van der Waals surface area contributed by atoms with E-state index in [0.29, 0.717) is 39.9 Å². The zero-order valence-corrected chi connectivity index (χ0v) is 47.5. The smallest absolute Gasteiger partial charge is 0.321 e. The first-order valence-corrected chi connectivity index (χ1v) is 30.1. The molecule has 69 heavy (non-hydrogen) atoms. The molecule has 0 saturated heterocycles. The third-order valence-corrected chi connectivity index (χ3v) is 25.8. The van der Waals surface area contributed by atoms with E-state index in [1.54, 1.807) is 0 Å². The van der Waals surface area contributed by atoms with Crippen molar-refractivity contribution in [3.8, 4) is 11.5 Å². The topological polar surface area (TPSA) is 78.7 Å². The maximum atomic E-state index is 12.8. The van der Waals surface area contributed by atoms with Crippen molar-refractivity contribution in [1.82, 2.24) is 4.90 Å². The van der Waals surface area contributed by atoms with E-state index in [9.17, 15) is 9.59 Å². The van der Waals surface area contributed by atoms with Crippen LogP contribution in [0.1, 0.15) is 158 Å². The Kier molecular flexibility index (Phi) is 27.0. The minimum Gasteiger partial charge on any atom is -0.543 e. The van der Waals surface area contributed by atoms with Crippen molar-refractivity contribution in [3.63, 3.8) is 0 Å². The number of carbonyl (C=O) groups excluding carboxylic acids is 2. The van der Waals surface area contributed by atoms with Crippen LogP contribution >= 0.6 is 0 Å². The van der Waals surface area contributed by atoms with Crippen molar-refractivity contribution >= 4 is 28.6 Å². The van der Waals surface area contributed by atoms with Gasteiger partial charge < -0.3 is 28.1 Å². The number of hydrogen-bond donors (Lipinski definition) is 0. The van der Waals surface area contributed by atoms with Gasteiger partial charge in [-0.3, -0.25) is 9.59 Å². The first kappa shape index (κ1) is 60.4. The molecule has 0 saturated carbocycles. The fourth-order valence-corrected chi connectivity index (χ4v) is 20.6. The van der Waals surface area contributed by atoms with Crippen molar-refractivity contribution in [1.29, 1.82) is 0 Å². The normalized spacial score (nSPS) is 12.6. The highest BCUT2D eigenvalue weighted by molar-refractivity contribution is 6.78. The van der Waals surface area contributed by atoms with E-state index in [-0.39, 0.29) is 31.0 Å². The number of nitrogens with zero attached hydrogens (tertiary/aromatic N) is 2. The van der Waals surface area contributed by atoms with Gasteiger partial charge in [0.1, 0.15) is 24.7 Å². The number of esters is 2. The highest BCUT2D eigenvalue weighted by Crippen LogP contribution is 2.44. The predicted octanol–water partition coefficient (Wildman–Crippen LogP) is 16.2. The maximum absolute atomic E-state index is 12.8. The lowest BCUT2D eigenvalue weighted by Crippen LogP contribution is -2.50. The first-order valence-electron chi connectivity index (χ1n) is 25.8. The van der Waals surface area contributed by atoms with Gasteiger partial charge >= 0.3 is 11.9 Å². The van der Waals surface area contributed by atoms with E-state index in [1.165, 1.54) is 19.6 Å². The SMILES string of the molecule is CCCC(C(=O)OCc1ccccc1)c1ccc(O[Si](C(C)C)(C(C)C)C(C)C)cc1.CCN(CC)CC.[C-]#[N+]CC(C(=O)OCc1ccccc1)c1ccc(O[Si](C(C)C)(C(C)C)C(C)C)cc1. The molecule has 0 radical (unpaired) electrons. The van der Waals surface area contributed by atoms with E-state index in [2.05, 4.69) is 121 Å². The summed E-state index contributed by atoms with van der Waals surface area (Å²) in [5.41, 5.74) is 6.73. The fraction of sp³-hybridized carbons (Fsp3) is 0.542. The van der Waals surface area contributed by atoms with E-state index in [1.807, 2.05) is 109 Å².